The molecular weight excluding hydrogens is 462 g/mol. The number of thiazole rings is 1. The van der Waals surface area contributed by atoms with Crippen LogP contribution in [0, 0.1) is 30.4 Å². The number of aryl methyl sites for hydroxylation is 1. The van der Waals surface area contributed by atoms with Gasteiger partial charge in [-0.1, -0.05) is 42.2 Å². The number of benzene rings is 2. The highest BCUT2D eigenvalue weighted by Crippen LogP contribution is 2.18. The van der Waals surface area contributed by atoms with Crippen LogP contribution in [-0.2, 0) is 24.2 Å². The van der Waals surface area contributed by atoms with E-state index >= 15 is 0 Å². The standard InChI is InChI=1S/C25H18F2N2O4S/c1-15-23(32)28(13-18-7-5-17(6-8-18)12-22(30)31)25(33)29-14-19(34-24(15)29)4-2-3-16-9-10-20(26)21(27)11-16/h5-11,14H,3,12-13H2,1H3,(H,30,31). The van der Waals surface area contributed by atoms with Gasteiger partial charge in [0.2, 0.25) is 0 Å². The van der Waals surface area contributed by atoms with Crippen molar-refractivity contribution >= 4 is 22.1 Å². The van der Waals surface area contributed by atoms with Crippen molar-refractivity contribution in [2.24, 2.45) is 0 Å². The van der Waals surface area contributed by atoms with Crippen LogP contribution in [0.3, 0.4) is 0 Å². The molecule has 0 aliphatic heterocycles. The molecule has 2 heterocycles. The highest BCUT2D eigenvalue weighted by Gasteiger charge is 2.14. The van der Waals surface area contributed by atoms with Crippen molar-refractivity contribution in [2.75, 3.05) is 0 Å². The van der Waals surface area contributed by atoms with Gasteiger partial charge in [-0.3, -0.25) is 18.6 Å². The number of carbonyl (C=O) groups is 1. The lowest BCUT2D eigenvalue weighted by atomic mass is 10.1. The smallest absolute Gasteiger partial charge is 0.336 e. The maximum Gasteiger partial charge on any atom is 0.336 e. The molecule has 2 aromatic carbocycles. The van der Waals surface area contributed by atoms with Crippen LogP contribution in [0.2, 0.25) is 0 Å². The Morgan fingerprint density at radius 2 is 1.71 bits per heavy atom. The Kier molecular flexibility index (Phi) is 6.43. The van der Waals surface area contributed by atoms with Crippen LogP contribution in [0.1, 0.15) is 27.1 Å². The van der Waals surface area contributed by atoms with Crippen LogP contribution in [0.15, 0.2) is 58.3 Å². The molecule has 34 heavy (non-hydrogen) atoms. The van der Waals surface area contributed by atoms with Gasteiger partial charge in [-0.05, 0) is 35.7 Å². The number of hydrogen-bond donors (Lipinski definition) is 1. The predicted octanol–water partition coefficient (Wildman–Crippen LogP) is 3.38. The fraction of sp³-hybridized carbons (Fsp3) is 0.160. The van der Waals surface area contributed by atoms with E-state index in [0.29, 0.717) is 32.0 Å². The molecule has 0 radical (unpaired) electrons. The molecule has 0 amide bonds. The summed E-state index contributed by atoms with van der Waals surface area (Å²) in [6, 6.07) is 10.3. The summed E-state index contributed by atoms with van der Waals surface area (Å²) in [6.07, 6.45) is 1.65. The third-order valence-corrected chi connectivity index (χ3v) is 6.33. The van der Waals surface area contributed by atoms with Gasteiger partial charge in [0.15, 0.2) is 11.6 Å². The second-order valence-electron chi connectivity index (χ2n) is 7.68. The van der Waals surface area contributed by atoms with Gasteiger partial charge in [0.25, 0.3) is 5.56 Å². The number of aliphatic carboxylic acids is 1. The van der Waals surface area contributed by atoms with Crippen molar-refractivity contribution < 1.29 is 18.7 Å². The Hall–Kier alpha value is -4.03. The van der Waals surface area contributed by atoms with Crippen molar-refractivity contribution in [2.45, 2.75) is 26.3 Å². The van der Waals surface area contributed by atoms with Crippen LogP contribution >= 0.6 is 11.3 Å². The van der Waals surface area contributed by atoms with E-state index in [4.69, 9.17) is 5.11 Å². The molecule has 0 saturated heterocycles. The first-order valence-electron chi connectivity index (χ1n) is 10.2. The average molecular weight is 480 g/mol. The zero-order chi connectivity index (χ0) is 24.4. The third kappa shape index (κ3) is 4.82. The zero-order valence-corrected chi connectivity index (χ0v) is 18.8. The topological polar surface area (TPSA) is 80.8 Å². The first-order valence-corrected chi connectivity index (χ1v) is 11.0. The van der Waals surface area contributed by atoms with Crippen LogP contribution in [-0.4, -0.2) is 20.0 Å². The molecule has 172 valence electrons. The van der Waals surface area contributed by atoms with E-state index in [1.165, 1.54) is 21.8 Å². The van der Waals surface area contributed by atoms with Gasteiger partial charge in [0.05, 0.1) is 17.8 Å². The van der Waals surface area contributed by atoms with Crippen molar-refractivity contribution in [3.63, 3.8) is 0 Å². The van der Waals surface area contributed by atoms with E-state index in [0.717, 1.165) is 16.7 Å². The SMILES string of the molecule is Cc1c(=O)n(Cc2ccc(CC(=O)O)cc2)c(=O)n2cc(C#CCc3ccc(F)c(F)c3)sc12. The largest absolute Gasteiger partial charge is 0.481 e. The van der Waals surface area contributed by atoms with Crippen LogP contribution in [0.5, 0.6) is 0 Å². The van der Waals surface area contributed by atoms with Crippen molar-refractivity contribution in [1.82, 2.24) is 8.97 Å². The van der Waals surface area contributed by atoms with Crippen LogP contribution in [0.4, 0.5) is 8.78 Å². The summed E-state index contributed by atoms with van der Waals surface area (Å²) in [7, 11) is 0. The maximum atomic E-state index is 13.3. The molecular formula is C25H18F2N2O4S. The van der Waals surface area contributed by atoms with E-state index < -0.39 is 28.9 Å². The summed E-state index contributed by atoms with van der Waals surface area (Å²) in [4.78, 5) is 37.8. The Bertz CT molecular complexity index is 1590. The number of carboxylic acid groups (broad SMARTS) is 1. The summed E-state index contributed by atoms with van der Waals surface area (Å²) >= 11 is 1.20. The van der Waals surface area contributed by atoms with Crippen molar-refractivity contribution in [3.8, 4) is 11.8 Å². The van der Waals surface area contributed by atoms with Gasteiger partial charge in [0.1, 0.15) is 4.83 Å². The maximum absolute atomic E-state index is 13.3. The third-order valence-electron chi connectivity index (χ3n) is 5.20. The molecule has 2 aromatic heterocycles. The number of rotatable bonds is 5. The molecule has 0 atom stereocenters. The molecule has 1 N–H and O–H groups in total. The fourth-order valence-electron chi connectivity index (χ4n) is 3.47. The zero-order valence-electron chi connectivity index (χ0n) is 18.0. The quantitative estimate of drug-likeness (QED) is 0.444. The van der Waals surface area contributed by atoms with E-state index in [1.807, 2.05) is 0 Å². The average Bonchev–Trinajstić information content (AvgIpc) is 3.23. The number of fused-ring (bicyclic) bond motifs is 1. The number of hydrogen-bond acceptors (Lipinski definition) is 4. The van der Waals surface area contributed by atoms with E-state index in [2.05, 4.69) is 11.8 Å². The Labute approximate surface area is 196 Å². The molecule has 0 saturated carbocycles. The van der Waals surface area contributed by atoms with Crippen molar-refractivity contribution in [1.29, 1.82) is 0 Å². The Balaban J connectivity index is 1.62. The lowest BCUT2D eigenvalue weighted by Crippen LogP contribution is -2.38. The molecule has 0 bridgehead atoms. The minimum absolute atomic E-state index is 0.0434. The Morgan fingerprint density at radius 3 is 2.38 bits per heavy atom. The molecule has 6 nitrogen and oxygen atoms in total. The minimum atomic E-state index is -0.940. The highest BCUT2D eigenvalue weighted by atomic mass is 32.1. The number of nitrogens with zero attached hydrogens (tertiary/aromatic N) is 2. The first kappa shape index (κ1) is 23.1. The van der Waals surface area contributed by atoms with Crippen LogP contribution < -0.4 is 11.2 Å². The number of aromatic nitrogens is 2. The lowest BCUT2D eigenvalue weighted by molar-refractivity contribution is -0.136. The normalized spacial score (nSPS) is 10.8. The molecule has 9 heteroatoms. The summed E-state index contributed by atoms with van der Waals surface area (Å²) < 4.78 is 28.9. The predicted molar refractivity (Wildman–Crippen MR) is 124 cm³/mol. The van der Waals surface area contributed by atoms with Gasteiger partial charge < -0.3 is 5.11 Å². The molecule has 0 aliphatic rings. The van der Waals surface area contributed by atoms with Gasteiger partial charge >= 0.3 is 11.7 Å². The van der Waals surface area contributed by atoms with E-state index in [1.54, 1.807) is 37.4 Å². The second kappa shape index (κ2) is 9.45. The number of halogens is 2. The second-order valence-corrected chi connectivity index (χ2v) is 8.71. The van der Waals surface area contributed by atoms with Crippen LogP contribution in [0.25, 0.3) is 4.83 Å². The van der Waals surface area contributed by atoms with Gasteiger partial charge in [0, 0.05) is 18.2 Å². The summed E-state index contributed by atoms with van der Waals surface area (Å²) in [5.74, 6) is 3.00. The molecule has 0 unspecified atom stereocenters. The molecule has 0 fully saturated rings. The molecule has 0 aliphatic carbocycles. The summed E-state index contributed by atoms with van der Waals surface area (Å²) in [5.41, 5.74) is 1.31. The molecule has 0 spiro atoms. The summed E-state index contributed by atoms with van der Waals surface area (Å²) in [6.45, 7) is 1.68. The first-order chi connectivity index (χ1) is 16.2. The summed E-state index contributed by atoms with van der Waals surface area (Å²) in [5, 5.41) is 8.88. The van der Waals surface area contributed by atoms with Gasteiger partial charge in [-0.25, -0.2) is 13.6 Å². The van der Waals surface area contributed by atoms with Gasteiger partial charge in [-0.15, -0.1) is 11.3 Å². The lowest BCUT2D eigenvalue weighted by Gasteiger charge is -2.08. The monoisotopic (exact) mass is 480 g/mol. The fourth-order valence-corrected chi connectivity index (χ4v) is 4.42. The van der Waals surface area contributed by atoms with E-state index in [9.17, 15) is 23.2 Å². The van der Waals surface area contributed by atoms with Crippen molar-refractivity contribution in [3.05, 3.63) is 108 Å². The minimum Gasteiger partial charge on any atom is -0.481 e. The Morgan fingerprint density at radius 1 is 1.03 bits per heavy atom. The molecule has 4 aromatic rings. The van der Waals surface area contributed by atoms with Gasteiger partial charge in [-0.2, -0.15) is 0 Å². The van der Waals surface area contributed by atoms with E-state index in [-0.39, 0.29) is 19.4 Å². The number of carboxylic acids is 1. The highest BCUT2D eigenvalue weighted by molar-refractivity contribution is 7.18. The molecule has 4 rings (SSSR count).